The maximum absolute atomic E-state index is 11.9. The second-order valence-electron chi connectivity index (χ2n) is 3.10. The van der Waals surface area contributed by atoms with E-state index in [1.54, 1.807) is 0 Å². The van der Waals surface area contributed by atoms with Crippen LogP contribution in [0.25, 0.3) is 0 Å². The lowest BCUT2D eigenvalue weighted by Crippen LogP contribution is -2.36. The van der Waals surface area contributed by atoms with Crippen LogP contribution in [0.5, 0.6) is 0 Å². The molecular weight excluding hydrogens is 194 g/mol. The predicted molar refractivity (Wildman–Crippen MR) is 57.9 cm³/mol. The molecule has 0 fully saturated rings. The first-order valence-corrected chi connectivity index (χ1v) is 5.29. The summed E-state index contributed by atoms with van der Waals surface area (Å²) in [5.74, 6) is 0.179. The van der Waals surface area contributed by atoms with Gasteiger partial charge >= 0.3 is 0 Å². The number of aliphatic imine (C=N–C) groups is 1. The summed E-state index contributed by atoms with van der Waals surface area (Å²) in [4.78, 5) is 16.1. The van der Waals surface area contributed by atoms with Crippen molar-refractivity contribution in [3.05, 3.63) is 12.0 Å². The molecule has 1 aliphatic rings. The van der Waals surface area contributed by atoms with Crippen molar-refractivity contribution in [3.8, 4) is 0 Å². The second kappa shape index (κ2) is 5.66. The molecule has 15 heavy (non-hydrogen) atoms. The van der Waals surface area contributed by atoms with E-state index in [9.17, 15) is 4.79 Å². The number of hydrogen-bond acceptors (Lipinski definition) is 4. The molecule has 0 aliphatic carbocycles. The van der Waals surface area contributed by atoms with Crippen LogP contribution >= 0.6 is 0 Å². The first-order valence-electron chi connectivity index (χ1n) is 5.29. The van der Waals surface area contributed by atoms with Crippen molar-refractivity contribution in [1.82, 2.24) is 0 Å². The number of ketones is 1. The van der Waals surface area contributed by atoms with E-state index < -0.39 is 6.10 Å². The SMILES string of the molecule is CCOC1=CN=C(CC)C(OCC)C1=O. The number of nitrogens with zero attached hydrogens (tertiary/aromatic N) is 1. The van der Waals surface area contributed by atoms with Crippen LogP contribution < -0.4 is 0 Å². The summed E-state index contributed by atoms with van der Waals surface area (Å²) < 4.78 is 10.6. The topological polar surface area (TPSA) is 47.9 Å². The van der Waals surface area contributed by atoms with Gasteiger partial charge in [0.2, 0.25) is 5.78 Å². The summed E-state index contributed by atoms with van der Waals surface area (Å²) in [7, 11) is 0. The van der Waals surface area contributed by atoms with E-state index in [1.807, 2.05) is 20.8 Å². The third-order valence-electron chi connectivity index (χ3n) is 2.13. The van der Waals surface area contributed by atoms with Crippen LogP contribution in [0.2, 0.25) is 0 Å². The maximum atomic E-state index is 11.9. The van der Waals surface area contributed by atoms with E-state index in [4.69, 9.17) is 9.47 Å². The Bertz CT molecular complexity index is 294. The Morgan fingerprint density at radius 2 is 2.07 bits per heavy atom. The summed E-state index contributed by atoms with van der Waals surface area (Å²) in [6, 6.07) is 0. The highest BCUT2D eigenvalue weighted by atomic mass is 16.5. The summed E-state index contributed by atoms with van der Waals surface area (Å²) in [5, 5.41) is 0. The summed E-state index contributed by atoms with van der Waals surface area (Å²) >= 11 is 0. The van der Waals surface area contributed by atoms with Gasteiger partial charge in [-0.15, -0.1) is 0 Å². The molecule has 4 nitrogen and oxygen atoms in total. The van der Waals surface area contributed by atoms with E-state index in [-0.39, 0.29) is 5.78 Å². The van der Waals surface area contributed by atoms with Gasteiger partial charge in [0.25, 0.3) is 0 Å². The first kappa shape index (κ1) is 11.9. The van der Waals surface area contributed by atoms with Crippen LogP contribution in [0.3, 0.4) is 0 Å². The Labute approximate surface area is 90.0 Å². The van der Waals surface area contributed by atoms with Gasteiger partial charge in [0.1, 0.15) is 0 Å². The van der Waals surface area contributed by atoms with Gasteiger partial charge in [0, 0.05) is 6.61 Å². The van der Waals surface area contributed by atoms with Gasteiger partial charge in [-0.25, -0.2) is 0 Å². The predicted octanol–water partition coefficient (Wildman–Crippen LogP) is 1.70. The summed E-state index contributed by atoms with van der Waals surface area (Å²) in [6.45, 7) is 6.61. The average molecular weight is 211 g/mol. The van der Waals surface area contributed by atoms with Crippen LogP contribution in [0.15, 0.2) is 17.0 Å². The Morgan fingerprint density at radius 3 is 2.60 bits per heavy atom. The quantitative estimate of drug-likeness (QED) is 0.695. The molecule has 0 saturated heterocycles. The molecule has 1 unspecified atom stereocenters. The number of hydrogen-bond donors (Lipinski definition) is 0. The van der Waals surface area contributed by atoms with Crippen LogP contribution in [-0.4, -0.2) is 30.8 Å². The normalized spacial score (nSPS) is 21.0. The molecule has 0 aromatic rings. The minimum atomic E-state index is -0.549. The lowest BCUT2D eigenvalue weighted by atomic mass is 10.0. The van der Waals surface area contributed by atoms with Crippen molar-refractivity contribution in [2.45, 2.75) is 33.3 Å². The number of carbonyl (C=O) groups excluding carboxylic acids is 1. The summed E-state index contributed by atoms with van der Waals surface area (Å²) in [6.07, 6.45) is 1.65. The molecule has 0 spiro atoms. The molecule has 0 amide bonds. The number of rotatable bonds is 5. The van der Waals surface area contributed by atoms with Crippen molar-refractivity contribution in [2.24, 2.45) is 4.99 Å². The molecular formula is C11H17NO3. The Hall–Kier alpha value is -1.16. The summed E-state index contributed by atoms with van der Waals surface area (Å²) in [5.41, 5.74) is 0.769. The molecule has 0 aromatic heterocycles. The van der Waals surface area contributed by atoms with Gasteiger partial charge < -0.3 is 9.47 Å². The minimum Gasteiger partial charge on any atom is -0.488 e. The standard InChI is InChI=1S/C11H17NO3/c1-4-8-11(15-6-3)10(13)9(7-12-8)14-5-2/h7,11H,4-6H2,1-3H3. The van der Waals surface area contributed by atoms with Crippen LogP contribution in [-0.2, 0) is 14.3 Å². The first-order chi connectivity index (χ1) is 7.24. The molecule has 0 saturated carbocycles. The van der Waals surface area contributed by atoms with Crippen molar-refractivity contribution >= 4 is 11.5 Å². The minimum absolute atomic E-state index is 0.120. The number of Topliss-reactive ketones (excluding diaryl/α,β-unsaturated/α-hetero) is 1. The molecule has 4 heteroatoms. The van der Waals surface area contributed by atoms with E-state index in [0.29, 0.717) is 25.4 Å². The number of ether oxygens (including phenoxy) is 2. The second-order valence-corrected chi connectivity index (χ2v) is 3.10. The van der Waals surface area contributed by atoms with Crippen LogP contribution in [0, 0.1) is 0 Å². The van der Waals surface area contributed by atoms with Crippen molar-refractivity contribution in [2.75, 3.05) is 13.2 Å². The monoisotopic (exact) mass is 211 g/mol. The lowest BCUT2D eigenvalue weighted by molar-refractivity contribution is -0.126. The highest BCUT2D eigenvalue weighted by Gasteiger charge is 2.30. The molecule has 1 atom stereocenters. The lowest BCUT2D eigenvalue weighted by Gasteiger charge is -2.21. The molecule has 84 valence electrons. The van der Waals surface area contributed by atoms with Crippen molar-refractivity contribution in [1.29, 1.82) is 0 Å². The fourth-order valence-corrected chi connectivity index (χ4v) is 1.43. The highest BCUT2D eigenvalue weighted by Crippen LogP contribution is 2.15. The molecule has 1 aliphatic heterocycles. The molecule has 0 radical (unpaired) electrons. The van der Waals surface area contributed by atoms with Gasteiger partial charge in [-0.3, -0.25) is 9.79 Å². The van der Waals surface area contributed by atoms with E-state index in [1.165, 1.54) is 6.20 Å². The van der Waals surface area contributed by atoms with Gasteiger partial charge in [-0.05, 0) is 20.3 Å². The highest BCUT2D eigenvalue weighted by molar-refractivity contribution is 6.15. The van der Waals surface area contributed by atoms with Crippen molar-refractivity contribution < 1.29 is 14.3 Å². The number of carbonyl (C=O) groups is 1. The zero-order chi connectivity index (χ0) is 11.3. The Balaban J connectivity index is 2.85. The molecule has 1 heterocycles. The molecule has 1 rings (SSSR count). The van der Waals surface area contributed by atoms with E-state index in [2.05, 4.69) is 4.99 Å². The van der Waals surface area contributed by atoms with E-state index in [0.717, 1.165) is 5.71 Å². The van der Waals surface area contributed by atoms with Gasteiger partial charge in [0.15, 0.2) is 11.9 Å². The Morgan fingerprint density at radius 1 is 1.33 bits per heavy atom. The third-order valence-corrected chi connectivity index (χ3v) is 2.13. The van der Waals surface area contributed by atoms with Crippen molar-refractivity contribution in [3.63, 3.8) is 0 Å². The fraction of sp³-hybridized carbons (Fsp3) is 0.636. The average Bonchev–Trinajstić information content (AvgIpc) is 2.25. The zero-order valence-corrected chi connectivity index (χ0v) is 9.45. The third kappa shape index (κ3) is 2.65. The van der Waals surface area contributed by atoms with E-state index >= 15 is 0 Å². The molecule has 0 aromatic carbocycles. The Kier molecular flexibility index (Phi) is 4.49. The van der Waals surface area contributed by atoms with Gasteiger partial charge in [-0.2, -0.15) is 0 Å². The molecule has 0 bridgehead atoms. The van der Waals surface area contributed by atoms with Crippen LogP contribution in [0.4, 0.5) is 0 Å². The molecule has 0 N–H and O–H groups in total. The smallest absolute Gasteiger partial charge is 0.233 e. The van der Waals surface area contributed by atoms with Gasteiger partial charge in [0.05, 0.1) is 18.5 Å². The fourth-order valence-electron chi connectivity index (χ4n) is 1.43. The van der Waals surface area contributed by atoms with Gasteiger partial charge in [-0.1, -0.05) is 6.92 Å². The zero-order valence-electron chi connectivity index (χ0n) is 9.45. The van der Waals surface area contributed by atoms with Crippen LogP contribution in [0.1, 0.15) is 27.2 Å². The largest absolute Gasteiger partial charge is 0.488 e. The maximum Gasteiger partial charge on any atom is 0.233 e.